The SMILES string of the molecule is NCCN(Cc1ccc(F)cc1Br)C1CCCC1. The van der Waals surface area contributed by atoms with E-state index in [1.54, 1.807) is 0 Å². The van der Waals surface area contributed by atoms with Crippen molar-refractivity contribution in [3.05, 3.63) is 34.1 Å². The third kappa shape index (κ3) is 3.53. The molecule has 1 saturated carbocycles. The molecule has 100 valence electrons. The Bertz CT molecular complexity index is 391. The summed E-state index contributed by atoms with van der Waals surface area (Å²) in [6.07, 6.45) is 5.16. The predicted octanol–water partition coefficient (Wildman–Crippen LogP) is 3.29. The van der Waals surface area contributed by atoms with E-state index >= 15 is 0 Å². The fourth-order valence-electron chi connectivity index (χ4n) is 2.69. The molecule has 1 fully saturated rings. The van der Waals surface area contributed by atoms with Crippen molar-refractivity contribution in [2.75, 3.05) is 13.1 Å². The number of halogens is 2. The number of nitrogens with two attached hydrogens (primary N) is 1. The van der Waals surface area contributed by atoms with Crippen molar-refractivity contribution in [2.45, 2.75) is 38.3 Å². The highest BCUT2D eigenvalue weighted by atomic mass is 79.9. The summed E-state index contributed by atoms with van der Waals surface area (Å²) < 4.78 is 13.9. The molecular weight excluding hydrogens is 295 g/mol. The molecule has 1 aromatic carbocycles. The van der Waals surface area contributed by atoms with Crippen molar-refractivity contribution in [1.29, 1.82) is 0 Å². The molecule has 0 amide bonds. The summed E-state index contributed by atoms with van der Waals surface area (Å²) in [6, 6.07) is 5.56. The van der Waals surface area contributed by atoms with Gasteiger partial charge >= 0.3 is 0 Å². The first-order chi connectivity index (χ1) is 8.70. The Hall–Kier alpha value is -0.450. The molecule has 0 bridgehead atoms. The van der Waals surface area contributed by atoms with Gasteiger partial charge in [-0.05, 0) is 30.5 Å². The van der Waals surface area contributed by atoms with Crippen molar-refractivity contribution < 1.29 is 4.39 Å². The van der Waals surface area contributed by atoms with Crippen LogP contribution in [0.2, 0.25) is 0 Å². The van der Waals surface area contributed by atoms with Gasteiger partial charge in [-0.2, -0.15) is 0 Å². The quantitative estimate of drug-likeness (QED) is 0.903. The Kier molecular flexibility index (Phi) is 5.15. The van der Waals surface area contributed by atoms with Gasteiger partial charge in [-0.1, -0.05) is 34.8 Å². The minimum atomic E-state index is -0.197. The fourth-order valence-corrected chi connectivity index (χ4v) is 3.17. The van der Waals surface area contributed by atoms with Crippen LogP contribution in [0.5, 0.6) is 0 Å². The van der Waals surface area contributed by atoms with Crippen molar-refractivity contribution in [2.24, 2.45) is 5.73 Å². The van der Waals surface area contributed by atoms with Crippen molar-refractivity contribution >= 4 is 15.9 Å². The zero-order chi connectivity index (χ0) is 13.0. The molecule has 2 rings (SSSR count). The number of nitrogens with zero attached hydrogens (tertiary/aromatic N) is 1. The van der Waals surface area contributed by atoms with E-state index < -0.39 is 0 Å². The summed E-state index contributed by atoms with van der Waals surface area (Å²) in [6.45, 7) is 2.44. The van der Waals surface area contributed by atoms with E-state index in [0.29, 0.717) is 12.6 Å². The molecule has 1 aliphatic carbocycles. The molecular formula is C14H20BrFN2. The number of rotatable bonds is 5. The van der Waals surface area contributed by atoms with Crippen LogP contribution in [0.25, 0.3) is 0 Å². The monoisotopic (exact) mass is 314 g/mol. The van der Waals surface area contributed by atoms with Gasteiger partial charge in [-0.15, -0.1) is 0 Å². The summed E-state index contributed by atoms with van der Waals surface area (Å²) in [5.74, 6) is -0.197. The zero-order valence-corrected chi connectivity index (χ0v) is 12.1. The van der Waals surface area contributed by atoms with Gasteiger partial charge in [-0.25, -0.2) is 4.39 Å². The van der Waals surface area contributed by atoms with Crippen LogP contribution >= 0.6 is 15.9 Å². The molecule has 0 atom stereocenters. The lowest BCUT2D eigenvalue weighted by Crippen LogP contribution is -2.36. The molecule has 1 aliphatic rings. The maximum atomic E-state index is 13.1. The van der Waals surface area contributed by atoms with Crippen molar-refractivity contribution in [1.82, 2.24) is 4.90 Å². The summed E-state index contributed by atoms with van der Waals surface area (Å²) in [5.41, 5.74) is 6.84. The molecule has 0 radical (unpaired) electrons. The minimum absolute atomic E-state index is 0.197. The summed E-state index contributed by atoms with van der Waals surface area (Å²) in [7, 11) is 0. The van der Waals surface area contributed by atoms with E-state index in [2.05, 4.69) is 20.8 Å². The van der Waals surface area contributed by atoms with Crippen LogP contribution in [0.15, 0.2) is 22.7 Å². The Morgan fingerprint density at radius 3 is 2.67 bits per heavy atom. The van der Waals surface area contributed by atoms with Crippen LogP contribution in [0.4, 0.5) is 4.39 Å². The minimum Gasteiger partial charge on any atom is -0.329 e. The standard InChI is InChI=1S/C14H20BrFN2/c15-14-9-12(16)6-5-11(14)10-18(8-7-17)13-3-1-2-4-13/h5-6,9,13H,1-4,7-8,10,17H2. The normalized spacial score (nSPS) is 16.7. The molecule has 0 aliphatic heterocycles. The van der Waals surface area contributed by atoms with Crippen LogP contribution in [-0.2, 0) is 6.54 Å². The lowest BCUT2D eigenvalue weighted by atomic mass is 10.1. The molecule has 1 aromatic rings. The van der Waals surface area contributed by atoms with Gasteiger partial charge in [0.2, 0.25) is 0 Å². The Morgan fingerprint density at radius 1 is 1.33 bits per heavy atom. The zero-order valence-electron chi connectivity index (χ0n) is 10.5. The number of hydrogen-bond donors (Lipinski definition) is 1. The Morgan fingerprint density at radius 2 is 2.06 bits per heavy atom. The molecule has 0 spiro atoms. The molecule has 0 aromatic heterocycles. The van der Waals surface area contributed by atoms with Gasteiger partial charge < -0.3 is 5.73 Å². The predicted molar refractivity (Wildman–Crippen MR) is 75.8 cm³/mol. The molecule has 0 saturated heterocycles. The van der Waals surface area contributed by atoms with Crippen molar-refractivity contribution in [3.8, 4) is 0 Å². The van der Waals surface area contributed by atoms with Crippen LogP contribution < -0.4 is 5.73 Å². The van der Waals surface area contributed by atoms with Crippen LogP contribution in [0, 0.1) is 5.82 Å². The van der Waals surface area contributed by atoms with E-state index in [-0.39, 0.29) is 5.82 Å². The molecule has 0 unspecified atom stereocenters. The smallest absolute Gasteiger partial charge is 0.124 e. The third-order valence-corrected chi connectivity index (χ3v) is 4.38. The van der Waals surface area contributed by atoms with E-state index in [1.807, 2.05) is 6.07 Å². The maximum Gasteiger partial charge on any atom is 0.124 e. The average Bonchev–Trinajstić information content (AvgIpc) is 2.85. The maximum absolute atomic E-state index is 13.1. The van der Waals surface area contributed by atoms with Gasteiger partial charge in [0.25, 0.3) is 0 Å². The van der Waals surface area contributed by atoms with Gasteiger partial charge in [0, 0.05) is 30.1 Å². The van der Waals surface area contributed by atoms with Crippen LogP contribution in [0.3, 0.4) is 0 Å². The summed E-state index contributed by atoms with van der Waals surface area (Å²) in [5, 5.41) is 0. The second kappa shape index (κ2) is 6.64. The van der Waals surface area contributed by atoms with Gasteiger partial charge in [0.15, 0.2) is 0 Å². The van der Waals surface area contributed by atoms with E-state index in [4.69, 9.17) is 5.73 Å². The number of benzene rings is 1. The average molecular weight is 315 g/mol. The highest BCUT2D eigenvalue weighted by Gasteiger charge is 2.22. The third-order valence-electron chi connectivity index (χ3n) is 3.65. The lowest BCUT2D eigenvalue weighted by Gasteiger charge is -2.28. The molecule has 18 heavy (non-hydrogen) atoms. The Balaban J connectivity index is 2.07. The molecule has 2 nitrogen and oxygen atoms in total. The lowest BCUT2D eigenvalue weighted by molar-refractivity contribution is 0.195. The number of hydrogen-bond acceptors (Lipinski definition) is 2. The van der Waals surface area contributed by atoms with Crippen molar-refractivity contribution in [3.63, 3.8) is 0 Å². The van der Waals surface area contributed by atoms with Gasteiger partial charge in [0.05, 0.1) is 0 Å². The molecule has 2 N–H and O–H groups in total. The first kappa shape index (κ1) is 14.0. The molecule has 4 heteroatoms. The fraction of sp³-hybridized carbons (Fsp3) is 0.571. The van der Waals surface area contributed by atoms with E-state index in [0.717, 1.165) is 23.1 Å². The first-order valence-electron chi connectivity index (χ1n) is 6.58. The Labute approximate surface area is 116 Å². The second-order valence-electron chi connectivity index (χ2n) is 4.93. The largest absolute Gasteiger partial charge is 0.329 e. The highest BCUT2D eigenvalue weighted by Crippen LogP contribution is 2.26. The van der Waals surface area contributed by atoms with Crippen LogP contribution in [-0.4, -0.2) is 24.0 Å². The topological polar surface area (TPSA) is 29.3 Å². The molecule has 0 heterocycles. The van der Waals surface area contributed by atoms with Gasteiger partial charge in [0.1, 0.15) is 5.82 Å². The second-order valence-corrected chi connectivity index (χ2v) is 5.79. The highest BCUT2D eigenvalue weighted by molar-refractivity contribution is 9.10. The van der Waals surface area contributed by atoms with E-state index in [9.17, 15) is 4.39 Å². The van der Waals surface area contributed by atoms with E-state index in [1.165, 1.54) is 37.8 Å². The first-order valence-corrected chi connectivity index (χ1v) is 7.38. The van der Waals surface area contributed by atoms with Crippen LogP contribution in [0.1, 0.15) is 31.2 Å². The summed E-state index contributed by atoms with van der Waals surface area (Å²) >= 11 is 3.44. The van der Waals surface area contributed by atoms with Gasteiger partial charge in [-0.3, -0.25) is 4.90 Å². The summed E-state index contributed by atoms with van der Waals surface area (Å²) in [4.78, 5) is 2.44.